The van der Waals surface area contributed by atoms with E-state index in [2.05, 4.69) is 4.89 Å². The second-order valence-electron chi connectivity index (χ2n) is 4.22. The molecule has 21 heavy (non-hydrogen) atoms. The molecule has 0 amide bonds. The van der Waals surface area contributed by atoms with Crippen molar-refractivity contribution in [3.8, 4) is 5.75 Å². The molecule has 0 aliphatic heterocycles. The molecule has 0 aromatic heterocycles. The smallest absolute Gasteiger partial charge is 0.359 e. The van der Waals surface area contributed by atoms with E-state index in [9.17, 15) is 4.79 Å². The number of hydrogen-bond acceptors (Lipinski definition) is 4. The van der Waals surface area contributed by atoms with E-state index in [0.29, 0.717) is 12.4 Å². The van der Waals surface area contributed by atoms with Crippen LogP contribution in [0.1, 0.15) is 12.0 Å². The monoisotopic (exact) mass is 284 g/mol. The fraction of sp³-hybridized carbons (Fsp3) is 0.118. The van der Waals surface area contributed by atoms with Gasteiger partial charge in [0.25, 0.3) is 0 Å². The predicted molar refractivity (Wildman–Crippen MR) is 78.2 cm³/mol. The molecule has 2 aromatic carbocycles. The molecule has 108 valence electrons. The normalized spacial score (nSPS) is 10.3. The lowest BCUT2D eigenvalue weighted by Crippen LogP contribution is -2.06. The van der Waals surface area contributed by atoms with Crippen molar-refractivity contribution in [2.45, 2.75) is 13.0 Å². The number of para-hydroxylation sites is 1. The van der Waals surface area contributed by atoms with Crippen LogP contribution in [0.5, 0.6) is 5.75 Å². The topological polar surface area (TPSA) is 44.8 Å². The summed E-state index contributed by atoms with van der Waals surface area (Å²) in [6.45, 7) is 0.465. The summed E-state index contributed by atoms with van der Waals surface area (Å²) in [6, 6.07) is 18.6. The largest absolute Gasteiger partial charge is 0.497 e. The van der Waals surface area contributed by atoms with Crippen molar-refractivity contribution < 1.29 is 19.3 Å². The number of rotatable bonds is 7. The minimum atomic E-state index is -0.488. The maximum absolute atomic E-state index is 11.4. The van der Waals surface area contributed by atoms with Crippen LogP contribution in [0.25, 0.3) is 0 Å². The van der Waals surface area contributed by atoms with Crippen LogP contribution in [-0.2, 0) is 21.0 Å². The van der Waals surface area contributed by atoms with Gasteiger partial charge in [0.05, 0.1) is 12.7 Å². The van der Waals surface area contributed by atoms with Gasteiger partial charge in [-0.15, -0.1) is 0 Å². The lowest BCUT2D eigenvalue weighted by atomic mass is 10.2. The minimum Gasteiger partial charge on any atom is -0.497 e. The molecule has 0 atom stereocenters. The zero-order chi connectivity index (χ0) is 14.8. The highest BCUT2D eigenvalue weighted by Gasteiger charge is 2.02. The minimum absolute atomic E-state index is 0.0849. The van der Waals surface area contributed by atoms with Crippen LogP contribution < -0.4 is 4.89 Å². The first-order valence-electron chi connectivity index (χ1n) is 6.57. The molecule has 4 heteroatoms. The Labute approximate surface area is 123 Å². The molecule has 0 N–H and O–H groups in total. The SMILES string of the molecule is O=C(CC=COCc1ccccc1)OOc1ccccc1. The number of benzene rings is 2. The molecule has 0 aliphatic carbocycles. The van der Waals surface area contributed by atoms with Crippen LogP contribution in [-0.4, -0.2) is 5.97 Å². The van der Waals surface area contributed by atoms with Crippen molar-refractivity contribution in [1.82, 2.24) is 0 Å². The summed E-state index contributed by atoms with van der Waals surface area (Å²) in [5, 5.41) is 0. The summed E-state index contributed by atoms with van der Waals surface area (Å²) in [7, 11) is 0. The van der Waals surface area contributed by atoms with E-state index in [1.54, 1.807) is 30.3 Å². The zero-order valence-corrected chi connectivity index (χ0v) is 11.5. The highest BCUT2D eigenvalue weighted by Crippen LogP contribution is 2.09. The van der Waals surface area contributed by atoms with Gasteiger partial charge in [-0.2, -0.15) is 0 Å². The molecule has 2 rings (SSSR count). The van der Waals surface area contributed by atoms with Gasteiger partial charge in [0.2, 0.25) is 0 Å². The molecule has 4 nitrogen and oxygen atoms in total. The van der Waals surface area contributed by atoms with Crippen molar-refractivity contribution >= 4 is 5.97 Å². The first-order chi connectivity index (χ1) is 10.3. The summed E-state index contributed by atoms with van der Waals surface area (Å²) in [5.74, 6) is -0.00595. The van der Waals surface area contributed by atoms with E-state index in [0.717, 1.165) is 5.56 Å². The number of carbonyl (C=O) groups is 1. The standard InChI is InChI=1S/C17H16O4/c18-17(21-20-16-10-5-2-6-11-16)12-7-13-19-14-15-8-3-1-4-9-15/h1-11,13H,12,14H2. The van der Waals surface area contributed by atoms with Crippen molar-refractivity contribution in [3.05, 3.63) is 78.6 Å². The third-order valence-electron chi connectivity index (χ3n) is 2.54. The van der Waals surface area contributed by atoms with E-state index in [-0.39, 0.29) is 6.42 Å². The van der Waals surface area contributed by atoms with Gasteiger partial charge in [0.15, 0.2) is 5.75 Å². The van der Waals surface area contributed by atoms with Gasteiger partial charge in [0, 0.05) is 0 Å². The zero-order valence-electron chi connectivity index (χ0n) is 11.5. The van der Waals surface area contributed by atoms with Crippen LogP contribution in [0.15, 0.2) is 73.0 Å². The summed E-state index contributed by atoms with van der Waals surface area (Å²) in [5.41, 5.74) is 1.07. The maximum atomic E-state index is 11.4. The van der Waals surface area contributed by atoms with E-state index in [1.807, 2.05) is 36.4 Å². The lowest BCUT2D eigenvalue weighted by molar-refractivity contribution is -0.212. The Balaban J connectivity index is 1.61. The Bertz CT molecular complexity index is 564. The van der Waals surface area contributed by atoms with Crippen LogP contribution >= 0.6 is 0 Å². The van der Waals surface area contributed by atoms with E-state index < -0.39 is 5.97 Å². The molecule has 0 heterocycles. The third-order valence-corrected chi connectivity index (χ3v) is 2.54. The van der Waals surface area contributed by atoms with Gasteiger partial charge < -0.3 is 4.74 Å². The molecule has 0 unspecified atom stereocenters. The summed E-state index contributed by atoms with van der Waals surface area (Å²) in [4.78, 5) is 20.9. The Morgan fingerprint density at radius 3 is 2.33 bits per heavy atom. The Morgan fingerprint density at radius 1 is 0.952 bits per heavy atom. The molecular formula is C17H16O4. The average Bonchev–Trinajstić information content (AvgIpc) is 2.54. The fourth-order valence-corrected chi connectivity index (χ4v) is 1.54. The highest BCUT2D eigenvalue weighted by atomic mass is 17.2. The van der Waals surface area contributed by atoms with Crippen molar-refractivity contribution in [1.29, 1.82) is 0 Å². The first kappa shape index (κ1) is 14.7. The number of ether oxygens (including phenoxy) is 1. The Hall–Kier alpha value is -2.75. The Morgan fingerprint density at radius 2 is 1.62 bits per heavy atom. The summed E-state index contributed by atoms with van der Waals surface area (Å²) in [6.07, 6.45) is 3.15. The van der Waals surface area contributed by atoms with Gasteiger partial charge in [-0.3, -0.25) is 9.78 Å². The molecule has 0 fully saturated rings. The lowest BCUT2D eigenvalue weighted by Gasteiger charge is -2.02. The van der Waals surface area contributed by atoms with E-state index in [1.165, 1.54) is 6.26 Å². The molecule has 2 aromatic rings. The van der Waals surface area contributed by atoms with Crippen LogP contribution in [0, 0.1) is 0 Å². The Kier molecular flexibility index (Phi) is 5.88. The van der Waals surface area contributed by atoms with Gasteiger partial charge in [-0.1, -0.05) is 48.5 Å². The van der Waals surface area contributed by atoms with Crippen molar-refractivity contribution in [2.24, 2.45) is 0 Å². The predicted octanol–water partition coefficient (Wildman–Crippen LogP) is 3.64. The quantitative estimate of drug-likeness (QED) is 0.442. The molecule has 0 bridgehead atoms. The average molecular weight is 284 g/mol. The van der Waals surface area contributed by atoms with E-state index >= 15 is 0 Å². The first-order valence-corrected chi connectivity index (χ1v) is 6.57. The molecular weight excluding hydrogens is 268 g/mol. The van der Waals surface area contributed by atoms with E-state index in [4.69, 9.17) is 9.62 Å². The van der Waals surface area contributed by atoms with Gasteiger partial charge in [-0.25, -0.2) is 4.79 Å². The third kappa shape index (κ3) is 5.82. The number of hydrogen-bond donors (Lipinski definition) is 0. The maximum Gasteiger partial charge on any atom is 0.359 e. The van der Waals surface area contributed by atoms with Crippen molar-refractivity contribution in [3.63, 3.8) is 0 Å². The summed E-state index contributed by atoms with van der Waals surface area (Å²) < 4.78 is 5.30. The van der Waals surface area contributed by atoms with Gasteiger partial charge >= 0.3 is 5.97 Å². The molecule has 0 saturated heterocycles. The van der Waals surface area contributed by atoms with Crippen LogP contribution in [0.3, 0.4) is 0 Å². The molecule has 0 aliphatic rings. The fourth-order valence-electron chi connectivity index (χ4n) is 1.54. The summed E-state index contributed by atoms with van der Waals surface area (Å²) >= 11 is 0. The highest BCUT2D eigenvalue weighted by molar-refractivity contribution is 5.70. The second kappa shape index (κ2) is 8.43. The molecule has 0 saturated carbocycles. The number of carbonyl (C=O) groups excluding carboxylic acids is 1. The van der Waals surface area contributed by atoms with Crippen LogP contribution in [0.2, 0.25) is 0 Å². The second-order valence-corrected chi connectivity index (χ2v) is 4.22. The molecule has 0 radical (unpaired) electrons. The van der Waals surface area contributed by atoms with Gasteiger partial charge in [0.1, 0.15) is 6.61 Å². The van der Waals surface area contributed by atoms with Crippen molar-refractivity contribution in [2.75, 3.05) is 0 Å². The molecule has 0 spiro atoms. The van der Waals surface area contributed by atoms with Crippen LogP contribution in [0.4, 0.5) is 0 Å². The van der Waals surface area contributed by atoms with Gasteiger partial charge in [-0.05, 0) is 23.8 Å².